The zero-order valence-corrected chi connectivity index (χ0v) is 20.9. The monoisotopic (exact) mass is 491 g/mol. The van der Waals surface area contributed by atoms with Gasteiger partial charge in [-0.2, -0.15) is 0 Å². The summed E-state index contributed by atoms with van der Waals surface area (Å²) < 4.78 is 64.3. The number of rotatable bonds is 10. The molecular weight excluding hydrogens is 462 g/mol. The summed E-state index contributed by atoms with van der Waals surface area (Å²) >= 11 is 0. The molecule has 33 heavy (non-hydrogen) atoms. The Morgan fingerprint density at radius 2 is 1.61 bits per heavy atom. The predicted molar refractivity (Wildman–Crippen MR) is 130 cm³/mol. The minimum absolute atomic E-state index is 0.103. The van der Waals surface area contributed by atoms with Crippen molar-refractivity contribution in [2.24, 2.45) is 0 Å². The fraction of sp³-hybridized carbons (Fsp3) is 0.333. The van der Waals surface area contributed by atoms with Crippen LogP contribution < -0.4 is 9.04 Å². The number of nitrogens with zero attached hydrogens (tertiary/aromatic N) is 1. The molecule has 0 aliphatic heterocycles. The van der Waals surface area contributed by atoms with Crippen LogP contribution in [0.3, 0.4) is 0 Å². The molecule has 0 atom stereocenters. The zero-order valence-electron chi connectivity index (χ0n) is 19.2. The summed E-state index contributed by atoms with van der Waals surface area (Å²) in [5.41, 5.74) is 1.69. The maximum atomic E-state index is 13.1. The number of hydrogen-bond donors (Lipinski definition) is 0. The molecule has 9 heteroatoms. The highest BCUT2D eigenvalue weighted by Crippen LogP contribution is 2.44. The highest BCUT2D eigenvalue weighted by Gasteiger charge is 2.31. The van der Waals surface area contributed by atoms with Crippen LogP contribution in [0.15, 0.2) is 63.9 Å². The second kappa shape index (κ2) is 10.0. The normalized spacial score (nSPS) is 12.0. The smallest absolute Gasteiger partial charge is 0.234 e. The van der Waals surface area contributed by atoms with Gasteiger partial charge in [-0.1, -0.05) is 49.7 Å². The van der Waals surface area contributed by atoms with E-state index in [1.54, 1.807) is 37.3 Å². The van der Waals surface area contributed by atoms with Gasteiger partial charge in [0.25, 0.3) is 0 Å². The molecule has 0 aliphatic carbocycles. The van der Waals surface area contributed by atoms with Crippen LogP contribution in [0.1, 0.15) is 31.1 Å². The molecule has 0 saturated heterocycles. The van der Waals surface area contributed by atoms with E-state index in [2.05, 4.69) is 0 Å². The van der Waals surface area contributed by atoms with Gasteiger partial charge in [-0.25, -0.2) is 21.1 Å². The first-order valence-corrected chi connectivity index (χ1v) is 14.1. The first-order chi connectivity index (χ1) is 15.6. The number of para-hydroxylation sites is 1. The van der Waals surface area contributed by atoms with E-state index in [1.807, 2.05) is 19.1 Å². The lowest BCUT2D eigenvalue weighted by atomic mass is 10.0. The molecular formula is C24H29NO6S2. The van der Waals surface area contributed by atoms with Gasteiger partial charge in [0.2, 0.25) is 15.9 Å². The topological polar surface area (TPSA) is 93.9 Å². The third-order valence-electron chi connectivity index (χ3n) is 5.37. The van der Waals surface area contributed by atoms with E-state index in [9.17, 15) is 16.8 Å². The molecule has 3 aromatic rings. The first-order valence-electron chi connectivity index (χ1n) is 10.6. The number of furan rings is 1. The first kappa shape index (κ1) is 24.9. The van der Waals surface area contributed by atoms with Gasteiger partial charge in [0.15, 0.2) is 9.84 Å². The van der Waals surface area contributed by atoms with Crippen molar-refractivity contribution in [3.05, 3.63) is 65.9 Å². The van der Waals surface area contributed by atoms with Gasteiger partial charge in [0, 0.05) is 17.7 Å². The lowest BCUT2D eigenvalue weighted by molar-refractivity contribution is 0.416. The van der Waals surface area contributed by atoms with Gasteiger partial charge in [-0.3, -0.25) is 0 Å². The zero-order chi connectivity index (χ0) is 24.2. The highest BCUT2D eigenvalue weighted by atomic mass is 32.2. The van der Waals surface area contributed by atoms with E-state index in [4.69, 9.17) is 9.15 Å². The van der Waals surface area contributed by atoms with Gasteiger partial charge >= 0.3 is 0 Å². The van der Waals surface area contributed by atoms with Crippen LogP contribution in [-0.4, -0.2) is 36.7 Å². The third-order valence-corrected chi connectivity index (χ3v) is 8.15. The molecule has 0 spiro atoms. The second-order valence-corrected chi connectivity index (χ2v) is 11.7. The van der Waals surface area contributed by atoms with E-state index in [1.165, 1.54) is 23.5 Å². The summed E-state index contributed by atoms with van der Waals surface area (Å²) in [6.07, 6.45) is 2.52. The van der Waals surface area contributed by atoms with E-state index >= 15 is 0 Å². The minimum atomic E-state index is -3.71. The van der Waals surface area contributed by atoms with Crippen LogP contribution in [0, 0.1) is 6.92 Å². The van der Waals surface area contributed by atoms with Gasteiger partial charge < -0.3 is 9.15 Å². The molecule has 0 aliphatic rings. The van der Waals surface area contributed by atoms with Crippen molar-refractivity contribution in [2.75, 3.05) is 24.2 Å². The molecule has 0 bridgehead atoms. The number of ether oxygens (including phenoxy) is 1. The lowest BCUT2D eigenvalue weighted by Gasteiger charge is -2.21. The van der Waals surface area contributed by atoms with Gasteiger partial charge in [-0.15, -0.1) is 0 Å². The Hall–Kier alpha value is -2.78. The van der Waals surface area contributed by atoms with Gasteiger partial charge in [0.1, 0.15) is 17.3 Å². The van der Waals surface area contributed by atoms with Crippen molar-refractivity contribution in [1.29, 1.82) is 0 Å². The summed E-state index contributed by atoms with van der Waals surface area (Å²) in [6, 6.07) is 15.3. The van der Waals surface area contributed by atoms with Gasteiger partial charge in [0.05, 0.1) is 23.8 Å². The SMILES string of the molecule is CCCCN(c1oc(CS(=O)(=O)c2ccccc2)c(C)c1-c1ccccc1OC)S(C)(=O)=O. The van der Waals surface area contributed by atoms with E-state index in [0.717, 1.165) is 12.7 Å². The number of unbranched alkanes of at least 4 members (excludes halogenated alkanes) is 1. The number of methoxy groups -OCH3 is 1. The fourth-order valence-electron chi connectivity index (χ4n) is 3.63. The number of hydrogen-bond acceptors (Lipinski definition) is 6. The lowest BCUT2D eigenvalue weighted by Crippen LogP contribution is -2.31. The summed E-state index contributed by atoms with van der Waals surface area (Å²) in [4.78, 5) is 0.173. The highest BCUT2D eigenvalue weighted by molar-refractivity contribution is 7.92. The van der Waals surface area contributed by atoms with Crippen LogP contribution >= 0.6 is 0 Å². The number of sulfone groups is 1. The molecule has 1 heterocycles. The molecule has 2 aromatic carbocycles. The Morgan fingerprint density at radius 1 is 0.970 bits per heavy atom. The van der Waals surface area contributed by atoms with Crippen molar-refractivity contribution in [3.8, 4) is 16.9 Å². The molecule has 3 rings (SSSR count). The summed E-state index contributed by atoms with van der Waals surface area (Å²) in [7, 11) is -5.87. The van der Waals surface area contributed by atoms with Crippen molar-refractivity contribution >= 4 is 25.7 Å². The Kier molecular flexibility index (Phi) is 7.54. The van der Waals surface area contributed by atoms with Crippen molar-refractivity contribution < 1.29 is 26.0 Å². The molecule has 0 unspecified atom stereocenters. The second-order valence-electron chi connectivity index (χ2n) is 7.79. The number of sulfonamides is 1. The van der Waals surface area contributed by atoms with Crippen molar-refractivity contribution in [3.63, 3.8) is 0 Å². The molecule has 7 nitrogen and oxygen atoms in total. The third kappa shape index (κ3) is 5.42. The van der Waals surface area contributed by atoms with E-state index in [-0.39, 0.29) is 23.1 Å². The molecule has 0 N–H and O–H groups in total. The maximum Gasteiger partial charge on any atom is 0.234 e. The molecule has 0 amide bonds. The fourth-order valence-corrected chi connectivity index (χ4v) is 5.88. The van der Waals surface area contributed by atoms with Crippen LogP contribution in [0.5, 0.6) is 5.75 Å². The van der Waals surface area contributed by atoms with E-state index in [0.29, 0.717) is 28.9 Å². The molecule has 178 valence electrons. The predicted octanol–water partition coefficient (Wildman–Crippen LogP) is 4.80. The molecule has 0 radical (unpaired) electrons. The van der Waals surface area contributed by atoms with Gasteiger partial charge in [-0.05, 0) is 31.5 Å². The number of benzene rings is 2. The van der Waals surface area contributed by atoms with E-state index < -0.39 is 25.6 Å². The summed E-state index contributed by atoms with van der Waals surface area (Å²) in [5.74, 6) is 0.436. The van der Waals surface area contributed by atoms with Crippen molar-refractivity contribution in [1.82, 2.24) is 0 Å². The van der Waals surface area contributed by atoms with Crippen molar-refractivity contribution in [2.45, 2.75) is 37.3 Å². The minimum Gasteiger partial charge on any atom is -0.496 e. The van der Waals surface area contributed by atoms with Crippen LogP contribution in [0.2, 0.25) is 0 Å². The van der Waals surface area contributed by atoms with Crippen LogP contribution in [0.25, 0.3) is 11.1 Å². The summed E-state index contributed by atoms with van der Waals surface area (Å²) in [5, 5.41) is 0. The molecule has 1 aromatic heterocycles. The Balaban J connectivity index is 2.23. The molecule has 0 saturated carbocycles. The van der Waals surface area contributed by atoms with Crippen LogP contribution in [-0.2, 0) is 25.6 Å². The Morgan fingerprint density at radius 3 is 2.21 bits per heavy atom. The van der Waals surface area contributed by atoms with Crippen LogP contribution in [0.4, 0.5) is 5.88 Å². The largest absolute Gasteiger partial charge is 0.496 e. The average molecular weight is 492 g/mol. The molecule has 0 fully saturated rings. The average Bonchev–Trinajstić information content (AvgIpc) is 3.08. The number of anilines is 1. The quantitative estimate of drug-likeness (QED) is 0.404. The maximum absolute atomic E-state index is 13.1. The standard InChI is InChI=1S/C24H29NO6S2/c1-5-6-16-25(32(4,26)27)24-23(20-14-10-11-15-21(20)30-3)18(2)22(31-24)17-33(28,29)19-12-8-7-9-13-19/h7-15H,5-6,16-17H2,1-4H3. The Labute approximate surface area is 196 Å². The Bertz CT molecular complexity index is 1310. The summed E-state index contributed by atoms with van der Waals surface area (Å²) in [6.45, 7) is 3.92.